The van der Waals surface area contributed by atoms with E-state index in [0.717, 1.165) is 12.5 Å². The average Bonchev–Trinajstić information content (AvgIpc) is 2.43. The van der Waals surface area contributed by atoms with Crippen LogP contribution in [0.25, 0.3) is 0 Å². The Bertz CT molecular complexity index is 604. The van der Waals surface area contributed by atoms with Crippen molar-refractivity contribution in [1.29, 1.82) is 0 Å². The second-order valence-corrected chi connectivity index (χ2v) is 7.03. The quantitative estimate of drug-likeness (QED) is 0.880. The number of nitrogens with one attached hydrogen (secondary N) is 1. The third-order valence-electron chi connectivity index (χ3n) is 3.39. The van der Waals surface area contributed by atoms with Crippen molar-refractivity contribution in [2.75, 3.05) is 24.4 Å². The molecule has 0 spiro atoms. The fourth-order valence-corrected chi connectivity index (χ4v) is 3.94. The van der Waals surface area contributed by atoms with Crippen LogP contribution in [0.1, 0.15) is 12.8 Å². The molecule has 0 amide bonds. The number of nitrogens with zero attached hydrogens (tertiary/aromatic N) is 1. The fourth-order valence-electron chi connectivity index (χ4n) is 2.27. The summed E-state index contributed by atoms with van der Waals surface area (Å²) < 4.78 is 54.4. The molecule has 9 heteroatoms. The highest BCUT2D eigenvalue weighted by Crippen LogP contribution is 2.28. The smallest absolute Gasteiger partial charge is 0.301 e. The molecule has 1 saturated heterocycles. The van der Waals surface area contributed by atoms with Gasteiger partial charge in [-0.15, -0.1) is 0 Å². The Labute approximate surface area is 127 Å². The van der Waals surface area contributed by atoms with Crippen molar-refractivity contribution in [3.63, 3.8) is 0 Å². The van der Waals surface area contributed by atoms with E-state index in [0.29, 0.717) is 25.6 Å². The van der Waals surface area contributed by atoms with Gasteiger partial charge in [-0.2, -0.15) is 12.7 Å². The van der Waals surface area contributed by atoms with Crippen LogP contribution in [0.4, 0.5) is 14.5 Å². The van der Waals surface area contributed by atoms with Crippen LogP contribution >= 0.6 is 11.6 Å². The summed E-state index contributed by atoms with van der Waals surface area (Å²) in [5.41, 5.74) is 5.11. The Morgan fingerprint density at radius 2 is 2.14 bits per heavy atom. The number of piperidine rings is 1. The molecular weight excluding hydrogens is 324 g/mol. The molecule has 1 aromatic carbocycles. The molecule has 118 valence electrons. The van der Waals surface area contributed by atoms with E-state index in [9.17, 15) is 17.2 Å². The first-order valence-corrected chi connectivity index (χ1v) is 8.28. The number of rotatable bonds is 4. The van der Waals surface area contributed by atoms with Gasteiger partial charge in [-0.25, -0.2) is 8.78 Å². The van der Waals surface area contributed by atoms with E-state index in [2.05, 4.69) is 4.72 Å². The second-order valence-electron chi connectivity index (χ2n) is 4.95. The van der Waals surface area contributed by atoms with Crippen LogP contribution in [0.2, 0.25) is 5.02 Å². The Hall–Kier alpha value is -0.960. The van der Waals surface area contributed by atoms with Crippen molar-refractivity contribution in [2.24, 2.45) is 11.7 Å². The average molecular weight is 340 g/mol. The zero-order valence-electron chi connectivity index (χ0n) is 11.2. The largest absolute Gasteiger partial charge is 0.330 e. The molecule has 0 aromatic heterocycles. The maximum Gasteiger partial charge on any atom is 0.301 e. The van der Waals surface area contributed by atoms with E-state index >= 15 is 0 Å². The van der Waals surface area contributed by atoms with Gasteiger partial charge in [-0.05, 0) is 31.4 Å². The highest BCUT2D eigenvalue weighted by molar-refractivity contribution is 7.90. The number of benzene rings is 1. The van der Waals surface area contributed by atoms with Crippen LogP contribution in [0.3, 0.4) is 0 Å². The fraction of sp³-hybridized carbons (Fsp3) is 0.500. The number of halogens is 3. The van der Waals surface area contributed by atoms with E-state index < -0.39 is 27.5 Å². The lowest BCUT2D eigenvalue weighted by atomic mass is 10.0. The number of anilines is 1. The van der Waals surface area contributed by atoms with Crippen molar-refractivity contribution in [3.8, 4) is 0 Å². The van der Waals surface area contributed by atoms with Crippen molar-refractivity contribution >= 4 is 27.5 Å². The maximum atomic E-state index is 13.7. The molecule has 21 heavy (non-hydrogen) atoms. The topological polar surface area (TPSA) is 75.4 Å². The molecule has 5 nitrogen and oxygen atoms in total. The van der Waals surface area contributed by atoms with Crippen LogP contribution in [0, 0.1) is 17.6 Å². The number of hydrogen-bond donors (Lipinski definition) is 2. The van der Waals surface area contributed by atoms with Gasteiger partial charge in [-0.1, -0.05) is 11.6 Å². The minimum absolute atomic E-state index is 0.0730. The molecule has 1 aliphatic rings. The second kappa shape index (κ2) is 6.43. The van der Waals surface area contributed by atoms with E-state index in [1.54, 1.807) is 0 Å². The number of hydrogen-bond acceptors (Lipinski definition) is 3. The number of nitrogens with two attached hydrogens (primary N) is 1. The lowest BCUT2D eigenvalue weighted by molar-refractivity contribution is 0.273. The molecule has 2 rings (SSSR count). The first-order valence-electron chi connectivity index (χ1n) is 6.46. The van der Waals surface area contributed by atoms with Gasteiger partial charge in [0, 0.05) is 19.2 Å². The third kappa shape index (κ3) is 3.82. The van der Waals surface area contributed by atoms with Gasteiger partial charge in [0.15, 0.2) is 5.82 Å². The minimum atomic E-state index is -3.96. The van der Waals surface area contributed by atoms with Crippen molar-refractivity contribution in [3.05, 3.63) is 28.8 Å². The summed E-state index contributed by atoms with van der Waals surface area (Å²) in [6, 6.07) is 1.42. The zero-order valence-corrected chi connectivity index (χ0v) is 12.7. The molecular formula is C12H16ClF2N3O2S. The molecule has 1 unspecified atom stereocenters. The molecule has 1 heterocycles. The van der Waals surface area contributed by atoms with Crippen LogP contribution in [0.5, 0.6) is 0 Å². The molecule has 1 aliphatic heterocycles. The minimum Gasteiger partial charge on any atom is -0.330 e. The van der Waals surface area contributed by atoms with E-state index in [1.807, 2.05) is 0 Å². The van der Waals surface area contributed by atoms with E-state index in [-0.39, 0.29) is 17.5 Å². The van der Waals surface area contributed by atoms with Crippen LogP contribution in [-0.2, 0) is 10.2 Å². The maximum absolute atomic E-state index is 13.7. The summed E-state index contributed by atoms with van der Waals surface area (Å²) in [5, 5.41) is -0.330. The van der Waals surface area contributed by atoms with Crippen molar-refractivity contribution in [1.82, 2.24) is 4.31 Å². The molecule has 0 bridgehead atoms. The van der Waals surface area contributed by atoms with Gasteiger partial charge in [0.1, 0.15) is 11.5 Å². The van der Waals surface area contributed by atoms with Crippen LogP contribution < -0.4 is 10.5 Å². The standard InChI is InChI=1S/C12H16ClF2N3O2S/c13-10-4-9(14)5-11(15)12(10)17-21(19,20)18-3-1-2-8(6-16)7-18/h4-5,8,17H,1-3,6-7,16H2. The summed E-state index contributed by atoms with van der Waals surface area (Å²) in [6.07, 6.45) is 1.54. The molecule has 0 saturated carbocycles. The lowest BCUT2D eigenvalue weighted by Gasteiger charge is -2.31. The van der Waals surface area contributed by atoms with Gasteiger partial charge >= 0.3 is 10.2 Å². The van der Waals surface area contributed by atoms with E-state index in [4.69, 9.17) is 17.3 Å². The SMILES string of the molecule is NCC1CCCN(S(=O)(=O)Nc2c(F)cc(F)cc2Cl)C1. The van der Waals surface area contributed by atoms with Gasteiger partial charge in [0.05, 0.1) is 5.02 Å². The zero-order chi connectivity index (χ0) is 15.6. The predicted octanol–water partition coefficient (Wildman–Crippen LogP) is 1.95. The summed E-state index contributed by atoms with van der Waals surface area (Å²) in [7, 11) is -3.96. The lowest BCUT2D eigenvalue weighted by Crippen LogP contribution is -2.44. The summed E-state index contributed by atoms with van der Waals surface area (Å²) in [6.45, 7) is 0.982. The van der Waals surface area contributed by atoms with Gasteiger partial charge < -0.3 is 5.73 Å². The normalized spacial score (nSPS) is 20.5. The van der Waals surface area contributed by atoms with Gasteiger partial charge in [0.2, 0.25) is 0 Å². The Morgan fingerprint density at radius 1 is 1.43 bits per heavy atom. The van der Waals surface area contributed by atoms with Crippen LogP contribution in [0.15, 0.2) is 12.1 Å². The van der Waals surface area contributed by atoms with Crippen molar-refractivity contribution in [2.45, 2.75) is 12.8 Å². The molecule has 3 N–H and O–H groups in total. The molecule has 1 fully saturated rings. The predicted molar refractivity (Wildman–Crippen MR) is 77.3 cm³/mol. The molecule has 1 aromatic rings. The Morgan fingerprint density at radius 3 is 2.76 bits per heavy atom. The first-order chi connectivity index (χ1) is 9.83. The Balaban J connectivity index is 2.22. The molecule has 0 aliphatic carbocycles. The summed E-state index contributed by atoms with van der Waals surface area (Å²) in [5.74, 6) is -1.86. The van der Waals surface area contributed by atoms with Gasteiger partial charge in [-0.3, -0.25) is 4.72 Å². The monoisotopic (exact) mass is 339 g/mol. The van der Waals surface area contributed by atoms with E-state index in [1.165, 1.54) is 4.31 Å². The highest BCUT2D eigenvalue weighted by atomic mass is 35.5. The molecule has 0 radical (unpaired) electrons. The highest BCUT2D eigenvalue weighted by Gasteiger charge is 2.29. The Kier molecular flexibility index (Phi) is 5.03. The third-order valence-corrected chi connectivity index (χ3v) is 5.16. The van der Waals surface area contributed by atoms with Gasteiger partial charge in [0.25, 0.3) is 0 Å². The summed E-state index contributed by atoms with van der Waals surface area (Å²) in [4.78, 5) is 0. The summed E-state index contributed by atoms with van der Waals surface area (Å²) >= 11 is 5.69. The first kappa shape index (κ1) is 16.4. The van der Waals surface area contributed by atoms with Crippen LogP contribution in [-0.4, -0.2) is 32.4 Å². The molecule has 1 atom stereocenters. The van der Waals surface area contributed by atoms with Crippen molar-refractivity contribution < 1.29 is 17.2 Å².